The third-order valence-electron chi connectivity index (χ3n) is 5.19. The second-order valence-corrected chi connectivity index (χ2v) is 7.35. The first kappa shape index (κ1) is 18.5. The number of hydrogen-bond acceptors (Lipinski definition) is 4. The van der Waals surface area contributed by atoms with Gasteiger partial charge in [-0.2, -0.15) is 0 Å². The summed E-state index contributed by atoms with van der Waals surface area (Å²) in [6.07, 6.45) is 7.47. The number of carbonyl (C=O) groups is 1. The minimum Gasteiger partial charge on any atom is -0.489 e. The Kier molecular flexibility index (Phi) is 6.57. The van der Waals surface area contributed by atoms with E-state index in [1.165, 1.54) is 25.7 Å². The van der Waals surface area contributed by atoms with Crippen LogP contribution < -0.4 is 10.1 Å². The molecular formula is C19H27ClN2O3. The van der Waals surface area contributed by atoms with Gasteiger partial charge in [0, 0.05) is 30.7 Å². The van der Waals surface area contributed by atoms with Gasteiger partial charge < -0.3 is 20.1 Å². The molecule has 0 spiro atoms. The summed E-state index contributed by atoms with van der Waals surface area (Å²) in [5.74, 6) is 0.300. The molecule has 0 unspecified atom stereocenters. The van der Waals surface area contributed by atoms with E-state index in [1.54, 1.807) is 18.2 Å². The first-order chi connectivity index (χ1) is 12.2. The van der Waals surface area contributed by atoms with Crippen LogP contribution in [0, 0.1) is 0 Å². The van der Waals surface area contributed by atoms with Crippen LogP contribution in [0.15, 0.2) is 18.2 Å². The summed E-state index contributed by atoms with van der Waals surface area (Å²) in [5.41, 5.74) is 0.430. The number of carbonyl (C=O) groups excluding carboxylic acids is 1. The smallest absolute Gasteiger partial charge is 0.255 e. The lowest BCUT2D eigenvalue weighted by Gasteiger charge is -2.36. The summed E-state index contributed by atoms with van der Waals surface area (Å²) >= 11 is 6.04. The van der Waals surface area contributed by atoms with Gasteiger partial charge in [0.05, 0.1) is 12.2 Å². The third-order valence-corrected chi connectivity index (χ3v) is 5.43. The number of ether oxygens (including phenoxy) is 1. The molecule has 0 radical (unpaired) electrons. The summed E-state index contributed by atoms with van der Waals surface area (Å²) in [4.78, 5) is 14.9. The summed E-state index contributed by atoms with van der Waals surface area (Å²) in [6, 6.07) is 5.89. The van der Waals surface area contributed by atoms with E-state index >= 15 is 0 Å². The van der Waals surface area contributed by atoms with E-state index in [-0.39, 0.29) is 25.2 Å². The van der Waals surface area contributed by atoms with Crippen molar-refractivity contribution in [3.05, 3.63) is 28.8 Å². The molecule has 1 aliphatic carbocycles. The van der Waals surface area contributed by atoms with Crippen LogP contribution in [0.25, 0.3) is 0 Å². The van der Waals surface area contributed by atoms with Gasteiger partial charge in [-0.25, -0.2) is 0 Å². The maximum Gasteiger partial charge on any atom is 0.255 e. The van der Waals surface area contributed by atoms with Crippen LogP contribution >= 0.6 is 11.6 Å². The molecular weight excluding hydrogens is 340 g/mol. The summed E-state index contributed by atoms with van der Waals surface area (Å²) in [5, 5.41) is 12.0. The molecule has 1 aromatic rings. The number of aliphatic hydroxyl groups excluding tert-OH is 1. The van der Waals surface area contributed by atoms with Crippen molar-refractivity contribution in [3.8, 4) is 5.75 Å². The van der Waals surface area contributed by atoms with E-state index in [1.807, 2.05) is 0 Å². The fraction of sp³-hybridized carbons (Fsp3) is 0.632. The lowest BCUT2D eigenvalue weighted by Crippen LogP contribution is -2.43. The highest BCUT2D eigenvalue weighted by Gasteiger charge is 2.28. The van der Waals surface area contributed by atoms with E-state index in [0.717, 1.165) is 32.0 Å². The van der Waals surface area contributed by atoms with Gasteiger partial charge in [0.2, 0.25) is 0 Å². The van der Waals surface area contributed by atoms with Gasteiger partial charge in [0.25, 0.3) is 5.91 Å². The molecule has 1 amide bonds. The number of hydrogen-bond donors (Lipinski definition) is 2. The molecule has 3 rings (SSSR count). The summed E-state index contributed by atoms with van der Waals surface area (Å²) in [6.45, 7) is 2.25. The Labute approximate surface area is 154 Å². The van der Waals surface area contributed by atoms with Gasteiger partial charge >= 0.3 is 0 Å². The standard InChI is InChI=1S/C19H27ClN2O3/c20-14-5-6-18(17(13-14)19(24)21-9-12-23)25-16-7-10-22(11-8-16)15-3-1-2-4-15/h5-6,13,15-16,23H,1-4,7-12H2,(H,21,24). The Morgan fingerprint density at radius 1 is 1.24 bits per heavy atom. The van der Waals surface area contributed by atoms with Crippen LogP contribution in [0.5, 0.6) is 5.75 Å². The molecule has 25 heavy (non-hydrogen) atoms. The predicted molar refractivity (Wildman–Crippen MR) is 98.4 cm³/mol. The monoisotopic (exact) mass is 366 g/mol. The minimum atomic E-state index is -0.269. The van der Waals surface area contributed by atoms with E-state index in [2.05, 4.69) is 10.2 Å². The van der Waals surface area contributed by atoms with E-state index in [0.29, 0.717) is 16.3 Å². The largest absolute Gasteiger partial charge is 0.489 e. The molecule has 138 valence electrons. The fourth-order valence-corrected chi connectivity index (χ4v) is 4.03. The molecule has 1 saturated heterocycles. The highest BCUT2D eigenvalue weighted by Crippen LogP contribution is 2.29. The van der Waals surface area contributed by atoms with Crippen LogP contribution in [0.4, 0.5) is 0 Å². The Balaban J connectivity index is 1.60. The van der Waals surface area contributed by atoms with Crippen molar-refractivity contribution in [1.82, 2.24) is 10.2 Å². The van der Waals surface area contributed by atoms with Gasteiger partial charge in [0.1, 0.15) is 11.9 Å². The number of likely N-dealkylation sites (tertiary alicyclic amines) is 1. The maximum absolute atomic E-state index is 12.3. The van der Waals surface area contributed by atoms with Gasteiger partial charge in [0.15, 0.2) is 0 Å². The molecule has 2 fully saturated rings. The number of amides is 1. The Hall–Kier alpha value is -1.30. The fourth-order valence-electron chi connectivity index (χ4n) is 3.85. The van der Waals surface area contributed by atoms with Crippen LogP contribution in [0.2, 0.25) is 5.02 Å². The number of aliphatic hydroxyl groups is 1. The van der Waals surface area contributed by atoms with Crippen molar-refractivity contribution >= 4 is 17.5 Å². The Bertz CT molecular complexity index is 582. The maximum atomic E-state index is 12.3. The first-order valence-corrected chi connectivity index (χ1v) is 9.64. The van der Waals surface area contributed by atoms with Crippen molar-refractivity contribution in [1.29, 1.82) is 0 Å². The third kappa shape index (κ3) is 4.87. The molecule has 2 aliphatic rings. The molecule has 1 aromatic carbocycles. The summed E-state index contributed by atoms with van der Waals surface area (Å²) < 4.78 is 6.14. The molecule has 2 N–H and O–H groups in total. The number of nitrogens with one attached hydrogen (secondary N) is 1. The quantitative estimate of drug-likeness (QED) is 0.812. The number of benzene rings is 1. The number of halogens is 1. The average Bonchev–Trinajstić information content (AvgIpc) is 3.16. The zero-order valence-corrected chi connectivity index (χ0v) is 15.3. The molecule has 1 aliphatic heterocycles. The molecule has 1 heterocycles. The second-order valence-electron chi connectivity index (χ2n) is 6.91. The van der Waals surface area contributed by atoms with Crippen molar-refractivity contribution in [2.24, 2.45) is 0 Å². The number of rotatable bonds is 6. The predicted octanol–water partition coefficient (Wildman–Crippen LogP) is 2.85. The Morgan fingerprint density at radius 3 is 2.64 bits per heavy atom. The zero-order chi connectivity index (χ0) is 17.6. The normalized spacial score (nSPS) is 19.9. The van der Waals surface area contributed by atoms with Gasteiger partial charge in [-0.05, 0) is 43.9 Å². The topological polar surface area (TPSA) is 61.8 Å². The number of piperidine rings is 1. The van der Waals surface area contributed by atoms with Crippen molar-refractivity contribution in [2.45, 2.75) is 50.7 Å². The number of nitrogens with zero attached hydrogens (tertiary/aromatic N) is 1. The van der Waals surface area contributed by atoms with Crippen LogP contribution in [0.3, 0.4) is 0 Å². The highest BCUT2D eigenvalue weighted by atomic mass is 35.5. The van der Waals surface area contributed by atoms with Crippen molar-refractivity contribution in [2.75, 3.05) is 26.2 Å². The van der Waals surface area contributed by atoms with Crippen LogP contribution in [0.1, 0.15) is 48.9 Å². The highest BCUT2D eigenvalue weighted by molar-refractivity contribution is 6.31. The molecule has 5 nitrogen and oxygen atoms in total. The first-order valence-electron chi connectivity index (χ1n) is 9.26. The van der Waals surface area contributed by atoms with E-state index in [9.17, 15) is 4.79 Å². The molecule has 1 saturated carbocycles. The van der Waals surface area contributed by atoms with E-state index in [4.69, 9.17) is 21.4 Å². The lowest BCUT2D eigenvalue weighted by atomic mass is 10.0. The zero-order valence-electron chi connectivity index (χ0n) is 14.5. The average molecular weight is 367 g/mol. The Morgan fingerprint density at radius 2 is 1.96 bits per heavy atom. The van der Waals surface area contributed by atoms with Gasteiger partial charge in [-0.15, -0.1) is 0 Å². The minimum absolute atomic E-state index is 0.0951. The van der Waals surface area contributed by atoms with E-state index < -0.39 is 0 Å². The summed E-state index contributed by atoms with van der Waals surface area (Å²) in [7, 11) is 0. The molecule has 0 atom stereocenters. The second kappa shape index (κ2) is 8.88. The van der Waals surface area contributed by atoms with Crippen molar-refractivity contribution < 1.29 is 14.6 Å². The van der Waals surface area contributed by atoms with Crippen LogP contribution in [-0.2, 0) is 0 Å². The van der Waals surface area contributed by atoms with Gasteiger partial charge in [-0.1, -0.05) is 24.4 Å². The molecule has 6 heteroatoms. The van der Waals surface area contributed by atoms with Crippen molar-refractivity contribution in [3.63, 3.8) is 0 Å². The van der Waals surface area contributed by atoms with Gasteiger partial charge in [-0.3, -0.25) is 4.79 Å². The molecule has 0 bridgehead atoms. The van der Waals surface area contributed by atoms with Crippen LogP contribution in [-0.4, -0.2) is 54.3 Å². The molecule has 0 aromatic heterocycles. The lowest BCUT2D eigenvalue weighted by molar-refractivity contribution is 0.0749. The SMILES string of the molecule is O=C(NCCO)c1cc(Cl)ccc1OC1CCN(C2CCCC2)CC1.